The van der Waals surface area contributed by atoms with Crippen molar-refractivity contribution in [1.29, 1.82) is 0 Å². The summed E-state index contributed by atoms with van der Waals surface area (Å²) in [5.41, 5.74) is 9.53. The first-order valence-electron chi connectivity index (χ1n) is 11.2. The van der Waals surface area contributed by atoms with E-state index in [9.17, 15) is 4.79 Å². The summed E-state index contributed by atoms with van der Waals surface area (Å²) in [6.45, 7) is 6.39. The van der Waals surface area contributed by atoms with Crippen molar-refractivity contribution in [2.45, 2.75) is 33.1 Å². The SMILES string of the molecule is CC(C)Cc1ccc(C(C)C(=O)Nn2c(-c3ccccc3)ccc2-c2ccccc2)cc1. The Kier molecular flexibility index (Phi) is 6.55. The number of amides is 1. The number of nitrogens with zero attached hydrogens (tertiary/aromatic N) is 1. The molecule has 3 aromatic carbocycles. The Bertz CT molecular complexity index is 1100. The molecule has 1 N–H and O–H groups in total. The molecule has 0 radical (unpaired) electrons. The monoisotopic (exact) mass is 422 g/mol. The van der Waals surface area contributed by atoms with Crippen molar-refractivity contribution < 1.29 is 4.79 Å². The topological polar surface area (TPSA) is 34.0 Å². The van der Waals surface area contributed by atoms with Crippen molar-refractivity contribution in [2.24, 2.45) is 5.92 Å². The quantitative estimate of drug-likeness (QED) is 0.345. The summed E-state index contributed by atoms with van der Waals surface area (Å²) in [5.74, 6) is 0.313. The third kappa shape index (κ3) is 4.83. The minimum absolute atomic E-state index is 0.0350. The first-order chi connectivity index (χ1) is 15.5. The summed E-state index contributed by atoms with van der Waals surface area (Å²) in [5, 5.41) is 0. The lowest BCUT2D eigenvalue weighted by Crippen LogP contribution is -2.28. The predicted molar refractivity (Wildman–Crippen MR) is 133 cm³/mol. The molecule has 162 valence electrons. The molecule has 0 saturated carbocycles. The van der Waals surface area contributed by atoms with Crippen LogP contribution in [-0.4, -0.2) is 10.6 Å². The molecule has 0 aliphatic heterocycles. The van der Waals surface area contributed by atoms with Crippen LogP contribution in [-0.2, 0) is 11.2 Å². The molecule has 0 fully saturated rings. The summed E-state index contributed by atoms with van der Waals surface area (Å²) in [6.07, 6.45) is 1.05. The fourth-order valence-electron chi connectivity index (χ4n) is 4.00. The molecule has 32 heavy (non-hydrogen) atoms. The van der Waals surface area contributed by atoms with Crippen molar-refractivity contribution in [3.8, 4) is 22.5 Å². The van der Waals surface area contributed by atoms with Crippen LogP contribution in [0.5, 0.6) is 0 Å². The fourth-order valence-corrected chi connectivity index (χ4v) is 4.00. The van der Waals surface area contributed by atoms with E-state index in [2.05, 4.69) is 79.9 Å². The number of hydrogen-bond donors (Lipinski definition) is 1. The summed E-state index contributed by atoms with van der Waals surface area (Å²) >= 11 is 0. The molecule has 0 aliphatic rings. The van der Waals surface area contributed by atoms with Crippen LogP contribution in [0.25, 0.3) is 22.5 Å². The molecule has 3 nitrogen and oxygen atoms in total. The van der Waals surface area contributed by atoms with Gasteiger partial charge in [0.2, 0.25) is 5.91 Å². The van der Waals surface area contributed by atoms with Crippen LogP contribution in [0, 0.1) is 5.92 Å². The second-order valence-electron chi connectivity index (χ2n) is 8.71. The Morgan fingerprint density at radius 3 is 1.69 bits per heavy atom. The van der Waals surface area contributed by atoms with Gasteiger partial charge in [0.1, 0.15) is 0 Å². The van der Waals surface area contributed by atoms with Crippen LogP contribution in [0.2, 0.25) is 0 Å². The maximum Gasteiger partial charge on any atom is 0.246 e. The molecule has 0 bridgehead atoms. The van der Waals surface area contributed by atoms with Crippen molar-refractivity contribution >= 4 is 5.91 Å². The van der Waals surface area contributed by atoms with Crippen LogP contribution in [0.4, 0.5) is 0 Å². The molecular weight excluding hydrogens is 392 g/mol. The Morgan fingerprint density at radius 1 is 0.719 bits per heavy atom. The van der Waals surface area contributed by atoms with Gasteiger partial charge in [-0.25, -0.2) is 0 Å². The van der Waals surface area contributed by atoms with Gasteiger partial charge in [-0.05, 0) is 42.5 Å². The molecule has 1 atom stereocenters. The highest BCUT2D eigenvalue weighted by Crippen LogP contribution is 2.28. The molecule has 3 heteroatoms. The lowest BCUT2D eigenvalue weighted by Gasteiger charge is -2.19. The first kappa shape index (κ1) is 21.6. The highest BCUT2D eigenvalue weighted by molar-refractivity contribution is 5.91. The summed E-state index contributed by atoms with van der Waals surface area (Å²) < 4.78 is 1.91. The van der Waals surface area contributed by atoms with Crippen LogP contribution in [0.15, 0.2) is 97.1 Å². The van der Waals surface area contributed by atoms with Crippen molar-refractivity contribution in [1.82, 2.24) is 4.68 Å². The third-order valence-corrected chi connectivity index (χ3v) is 5.76. The highest BCUT2D eigenvalue weighted by Gasteiger charge is 2.19. The molecule has 4 aromatic rings. The van der Waals surface area contributed by atoms with Gasteiger partial charge < -0.3 is 0 Å². The standard InChI is InChI=1S/C29H30N2O/c1-21(2)20-23-14-16-24(17-15-23)22(3)29(32)30-31-27(25-10-6-4-7-11-25)18-19-28(31)26-12-8-5-9-13-26/h4-19,21-22H,20H2,1-3H3,(H,30,32). The molecule has 1 unspecified atom stereocenters. The van der Waals surface area contributed by atoms with Gasteiger partial charge in [-0.1, -0.05) is 98.8 Å². The number of nitrogens with one attached hydrogen (secondary N) is 1. The zero-order valence-electron chi connectivity index (χ0n) is 19.0. The van der Waals surface area contributed by atoms with Crippen molar-refractivity contribution in [3.63, 3.8) is 0 Å². The summed E-state index contributed by atoms with van der Waals surface area (Å²) in [4.78, 5) is 13.3. The smallest absolute Gasteiger partial charge is 0.246 e. The van der Waals surface area contributed by atoms with E-state index in [0.717, 1.165) is 34.5 Å². The predicted octanol–water partition coefficient (Wildman–Crippen LogP) is 6.89. The van der Waals surface area contributed by atoms with Gasteiger partial charge in [-0.15, -0.1) is 0 Å². The second-order valence-corrected chi connectivity index (χ2v) is 8.71. The van der Waals surface area contributed by atoms with Gasteiger partial charge in [0.25, 0.3) is 0 Å². The average molecular weight is 423 g/mol. The minimum Gasteiger partial charge on any atom is -0.273 e. The molecule has 1 heterocycles. The van der Waals surface area contributed by atoms with E-state index in [4.69, 9.17) is 0 Å². The highest BCUT2D eigenvalue weighted by atomic mass is 16.2. The molecule has 0 saturated heterocycles. The van der Waals surface area contributed by atoms with E-state index >= 15 is 0 Å². The molecule has 1 aromatic heterocycles. The molecule has 0 spiro atoms. The molecule has 1 amide bonds. The number of aromatic nitrogens is 1. The Balaban J connectivity index is 1.63. The lowest BCUT2D eigenvalue weighted by molar-refractivity contribution is -0.118. The Labute approximate surface area is 190 Å². The number of carbonyl (C=O) groups excluding carboxylic acids is 1. The fraction of sp³-hybridized carbons (Fsp3) is 0.207. The molecular formula is C29H30N2O. The normalized spacial score (nSPS) is 12.0. The lowest BCUT2D eigenvalue weighted by atomic mass is 9.96. The third-order valence-electron chi connectivity index (χ3n) is 5.76. The number of hydrogen-bond acceptors (Lipinski definition) is 1. The van der Waals surface area contributed by atoms with Crippen LogP contribution in [0.1, 0.15) is 37.8 Å². The zero-order valence-corrected chi connectivity index (χ0v) is 19.0. The minimum atomic E-state index is -0.266. The number of carbonyl (C=O) groups is 1. The summed E-state index contributed by atoms with van der Waals surface area (Å²) in [6, 6.07) is 32.8. The average Bonchev–Trinajstić information content (AvgIpc) is 3.23. The van der Waals surface area contributed by atoms with E-state index in [1.54, 1.807) is 0 Å². The van der Waals surface area contributed by atoms with Gasteiger partial charge in [-0.2, -0.15) is 0 Å². The van der Waals surface area contributed by atoms with E-state index < -0.39 is 0 Å². The maximum atomic E-state index is 13.3. The summed E-state index contributed by atoms with van der Waals surface area (Å²) in [7, 11) is 0. The van der Waals surface area contributed by atoms with Crippen LogP contribution < -0.4 is 5.43 Å². The second kappa shape index (κ2) is 9.69. The van der Waals surface area contributed by atoms with Gasteiger partial charge in [0, 0.05) is 11.1 Å². The largest absolute Gasteiger partial charge is 0.273 e. The number of benzene rings is 3. The van der Waals surface area contributed by atoms with Gasteiger partial charge in [0.05, 0.1) is 17.3 Å². The Hall–Kier alpha value is -3.59. The van der Waals surface area contributed by atoms with E-state index in [1.165, 1.54) is 5.56 Å². The number of rotatable bonds is 7. The molecule has 0 aliphatic carbocycles. The zero-order chi connectivity index (χ0) is 22.5. The van der Waals surface area contributed by atoms with Crippen LogP contribution >= 0.6 is 0 Å². The van der Waals surface area contributed by atoms with Gasteiger partial charge in [-0.3, -0.25) is 14.9 Å². The molecule has 4 rings (SSSR count). The van der Waals surface area contributed by atoms with Crippen molar-refractivity contribution in [3.05, 3.63) is 108 Å². The first-order valence-corrected chi connectivity index (χ1v) is 11.2. The van der Waals surface area contributed by atoms with E-state index in [1.807, 2.05) is 48.0 Å². The van der Waals surface area contributed by atoms with Crippen LogP contribution in [0.3, 0.4) is 0 Å². The van der Waals surface area contributed by atoms with E-state index in [0.29, 0.717) is 5.92 Å². The van der Waals surface area contributed by atoms with Crippen molar-refractivity contribution in [2.75, 3.05) is 5.43 Å². The maximum absolute atomic E-state index is 13.3. The van der Waals surface area contributed by atoms with Gasteiger partial charge in [0.15, 0.2) is 0 Å². The Morgan fingerprint density at radius 2 is 1.22 bits per heavy atom. The van der Waals surface area contributed by atoms with Gasteiger partial charge >= 0.3 is 0 Å². The van der Waals surface area contributed by atoms with E-state index in [-0.39, 0.29) is 11.8 Å².